The zero-order valence-corrected chi connectivity index (χ0v) is 10.1. The zero-order chi connectivity index (χ0) is 11.1. The Labute approximate surface area is 87.9 Å². The predicted molar refractivity (Wildman–Crippen MR) is 60.2 cm³/mol. The fourth-order valence-electron chi connectivity index (χ4n) is 0.999. The van der Waals surface area contributed by atoms with Crippen molar-refractivity contribution >= 4 is 5.91 Å². The highest BCUT2D eigenvalue weighted by atomic mass is 16.2. The standard InChI is InChI=1S/C11H24N2O/c1-9(2)6-7-12-8-11(14)13(5)10(3)4/h9-10,12H,6-8H2,1-5H3. The third-order valence-corrected chi connectivity index (χ3v) is 2.34. The van der Waals surface area contributed by atoms with Gasteiger partial charge >= 0.3 is 0 Å². The Morgan fingerprint density at radius 3 is 2.29 bits per heavy atom. The minimum Gasteiger partial charge on any atom is -0.342 e. The molecule has 14 heavy (non-hydrogen) atoms. The van der Waals surface area contributed by atoms with Crippen molar-refractivity contribution in [3.63, 3.8) is 0 Å². The van der Waals surface area contributed by atoms with E-state index in [4.69, 9.17) is 0 Å². The molecule has 0 rings (SSSR count). The molecule has 0 spiro atoms. The third-order valence-electron chi connectivity index (χ3n) is 2.34. The highest BCUT2D eigenvalue weighted by molar-refractivity contribution is 5.78. The molecular formula is C11H24N2O. The highest BCUT2D eigenvalue weighted by Gasteiger charge is 2.10. The smallest absolute Gasteiger partial charge is 0.236 e. The molecule has 0 heterocycles. The van der Waals surface area contributed by atoms with Gasteiger partial charge in [-0.1, -0.05) is 13.8 Å². The van der Waals surface area contributed by atoms with Crippen LogP contribution < -0.4 is 5.32 Å². The van der Waals surface area contributed by atoms with Gasteiger partial charge in [0, 0.05) is 13.1 Å². The van der Waals surface area contributed by atoms with Crippen molar-refractivity contribution in [3.8, 4) is 0 Å². The van der Waals surface area contributed by atoms with E-state index in [1.165, 1.54) is 0 Å². The first kappa shape index (κ1) is 13.4. The summed E-state index contributed by atoms with van der Waals surface area (Å²) in [6.07, 6.45) is 1.12. The second-order valence-electron chi connectivity index (χ2n) is 4.46. The SMILES string of the molecule is CC(C)CCNCC(=O)N(C)C(C)C. The van der Waals surface area contributed by atoms with Crippen molar-refractivity contribution in [3.05, 3.63) is 0 Å². The Balaban J connectivity index is 3.54. The van der Waals surface area contributed by atoms with E-state index in [0.717, 1.165) is 13.0 Å². The van der Waals surface area contributed by atoms with Gasteiger partial charge in [0.15, 0.2) is 0 Å². The molecule has 0 aliphatic rings. The molecule has 0 atom stereocenters. The Morgan fingerprint density at radius 2 is 1.86 bits per heavy atom. The van der Waals surface area contributed by atoms with Gasteiger partial charge in [-0.15, -0.1) is 0 Å². The maximum atomic E-state index is 11.5. The summed E-state index contributed by atoms with van der Waals surface area (Å²) in [4.78, 5) is 13.3. The zero-order valence-electron chi connectivity index (χ0n) is 10.1. The van der Waals surface area contributed by atoms with Crippen LogP contribution in [0.4, 0.5) is 0 Å². The third kappa shape index (κ3) is 5.97. The van der Waals surface area contributed by atoms with Gasteiger partial charge in [-0.3, -0.25) is 4.79 Å². The number of nitrogens with one attached hydrogen (secondary N) is 1. The van der Waals surface area contributed by atoms with E-state index < -0.39 is 0 Å². The minimum absolute atomic E-state index is 0.170. The summed E-state index contributed by atoms with van der Waals surface area (Å²) in [5, 5.41) is 3.16. The topological polar surface area (TPSA) is 32.3 Å². The lowest BCUT2D eigenvalue weighted by Crippen LogP contribution is -2.39. The van der Waals surface area contributed by atoms with Crippen LogP contribution in [0.3, 0.4) is 0 Å². The summed E-state index contributed by atoms with van der Waals surface area (Å²) < 4.78 is 0. The summed E-state index contributed by atoms with van der Waals surface area (Å²) in [7, 11) is 1.84. The fourth-order valence-corrected chi connectivity index (χ4v) is 0.999. The average Bonchev–Trinajstić information content (AvgIpc) is 2.10. The van der Waals surface area contributed by atoms with Crippen LogP contribution in [0.2, 0.25) is 0 Å². The van der Waals surface area contributed by atoms with E-state index in [1.807, 2.05) is 20.9 Å². The van der Waals surface area contributed by atoms with Crippen molar-refractivity contribution in [1.29, 1.82) is 0 Å². The Morgan fingerprint density at radius 1 is 1.29 bits per heavy atom. The Kier molecular flexibility index (Phi) is 6.54. The number of rotatable bonds is 6. The van der Waals surface area contributed by atoms with Crippen LogP contribution in [0.25, 0.3) is 0 Å². The van der Waals surface area contributed by atoms with Crippen LogP contribution in [0.15, 0.2) is 0 Å². The summed E-state index contributed by atoms with van der Waals surface area (Å²) in [6.45, 7) is 9.79. The van der Waals surface area contributed by atoms with Crippen molar-refractivity contribution < 1.29 is 4.79 Å². The van der Waals surface area contributed by atoms with Crippen molar-refractivity contribution in [2.24, 2.45) is 5.92 Å². The van der Waals surface area contributed by atoms with Crippen LogP contribution in [0, 0.1) is 5.92 Å². The molecule has 0 fully saturated rings. The fraction of sp³-hybridized carbons (Fsp3) is 0.909. The van der Waals surface area contributed by atoms with E-state index in [1.54, 1.807) is 4.90 Å². The Bertz CT molecular complexity index is 167. The lowest BCUT2D eigenvalue weighted by atomic mass is 10.1. The van der Waals surface area contributed by atoms with Crippen LogP contribution >= 0.6 is 0 Å². The molecule has 0 aliphatic heterocycles. The van der Waals surface area contributed by atoms with Crippen LogP contribution in [-0.4, -0.2) is 37.0 Å². The van der Waals surface area contributed by atoms with Gasteiger partial charge in [-0.2, -0.15) is 0 Å². The number of amides is 1. The molecule has 1 N–H and O–H groups in total. The van der Waals surface area contributed by atoms with Gasteiger partial charge in [0.05, 0.1) is 6.54 Å². The van der Waals surface area contributed by atoms with E-state index in [2.05, 4.69) is 19.2 Å². The molecule has 0 aromatic rings. The van der Waals surface area contributed by atoms with Gasteiger partial charge in [0.25, 0.3) is 0 Å². The van der Waals surface area contributed by atoms with E-state index >= 15 is 0 Å². The van der Waals surface area contributed by atoms with Crippen LogP contribution in [0.1, 0.15) is 34.1 Å². The molecule has 0 aromatic carbocycles. The van der Waals surface area contributed by atoms with Crippen molar-refractivity contribution in [2.45, 2.75) is 40.2 Å². The Hall–Kier alpha value is -0.570. The average molecular weight is 200 g/mol. The van der Waals surface area contributed by atoms with Crippen LogP contribution in [0.5, 0.6) is 0 Å². The normalized spacial score (nSPS) is 11.1. The first-order valence-corrected chi connectivity index (χ1v) is 5.41. The number of carbonyl (C=O) groups excluding carboxylic acids is 1. The van der Waals surface area contributed by atoms with Gasteiger partial charge in [-0.05, 0) is 32.7 Å². The molecule has 1 amide bonds. The molecule has 0 aromatic heterocycles. The van der Waals surface area contributed by atoms with E-state index in [-0.39, 0.29) is 11.9 Å². The molecule has 0 saturated carbocycles. The second kappa shape index (κ2) is 6.82. The molecule has 3 heteroatoms. The maximum Gasteiger partial charge on any atom is 0.236 e. The molecule has 0 saturated heterocycles. The number of likely N-dealkylation sites (N-methyl/N-ethyl adjacent to an activating group) is 1. The van der Waals surface area contributed by atoms with Crippen molar-refractivity contribution in [2.75, 3.05) is 20.1 Å². The highest BCUT2D eigenvalue weighted by Crippen LogP contribution is 1.97. The van der Waals surface area contributed by atoms with Gasteiger partial charge in [0.2, 0.25) is 5.91 Å². The number of nitrogens with zero attached hydrogens (tertiary/aromatic N) is 1. The predicted octanol–water partition coefficient (Wildman–Crippen LogP) is 1.49. The number of hydrogen-bond donors (Lipinski definition) is 1. The second-order valence-corrected chi connectivity index (χ2v) is 4.46. The van der Waals surface area contributed by atoms with Crippen molar-refractivity contribution in [1.82, 2.24) is 10.2 Å². The summed E-state index contributed by atoms with van der Waals surface area (Å²) in [6, 6.07) is 0.286. The monoisotopic (exact) mass is 200 g/mol. The lowest BCUT2D eigenvalue weighted by Gasteiger charge is -2.21. The van der Waals surface area contributed by atoms with E-state index in [0.29, 0.717) is 12.5 Å². The molecule has 84 valence electrons. The number of carbonyl (C=O) groups is 1. The molecular weight excluding hydrogens is 176 g/mol. The maximum absolute atomic E-state index is 11.5. The summed E-state index contributed by atoms with van der Waals surface area (Å²) in [5.74, 6) is 0.865. The summed E-state index contributed by atoms with van der Waals surface area (Å²) >= 11 is 0. The quantitative estimate of drug-likeness (QED) is 0.659. The van der Waals surface area contributed by atoms with Gasteiger partial charge in [-0.25, -0.2) is 0 Å². The lowest BCUT2D eigenvalue weighted by molar-refractivity contribution is -0.130. The number of hydrogen-bond acceptors (Lipinski definition) is 2. The largest absolute Gasteiger partial charge is 0.342 e. The first-order valence-electron chi connectivity index (χ1n) is 5.41. The van der Waals surface area contributed by atoms with Gasteiger partial charge < -0.3 is 10.2 Å². The van der Waals surface area contributed by atoms with E-state index in [9.17, 15) is 4.79 Å². The molecule has 0 aliphatic carbocycles. The summed E-state index contributed by atoms with van der Waals surface area (Å²) in [5.41, 5.74) is 0. The minimum atomic E-state index is 0.170. The molecule has 0 unspecified atom stereocenters. The van der Waals surface area contributed by atoms with Gasteiger partial charge in [0.1, 0.15) is 0 Å². The van der Waals surface area contributed by atoms with Crippen LogP contribution in [-0.2, 0) is 4.79 Å². The molecule has 0 bridgehead atoms. The first-order chi connectivity index (χ1) is 6.45. The molecule has 3 nitrogen and oxygen atoms in total. The molecule has 0 radical (unpaired) electrons.